The van der Waals surface area contributed by atoms with Crippen LogP contribution in [0.5, 0.6) is 5.75 Å². The highest BCUT2D eigenvalue weighted by atomic mass is 32.2. The van der Waals surface area contributed by atoms with Crippen LogP contribution in [0.3, 0.4) is 0 Å². The van der Waals surface area contributed by atoms with Crippen LogP contribution in [0.2, 0.25) is 0 Å². The van der Waals surface area contributed by atoms with Gasteiger partial charge >= 0.3 is 0 Å². The van der Waals surface area contributed by atoms with Gasteiger partial charge in [0.05, 0.1) is 19.4 Å². The molecule has 1 amide bonds. The number of piperidine rings is 1. The van der Waals surface area contributed by atoms with Crippen LogP contribution in [0.4, 0.5) is 0 Å². The number of hydrogen-bond donors (Lipinski definition) is 1. The summed E-state index contributed by atoms with van der Waals surface area (Å²) in [5.41, 5.74) is 2.05. The third-order valence-electron chi connectivity index (χ3n) is 4.57. The number of ether oxygens (including phenoxy) is 1. The van der Waals surface area contributed by atoms with E-state index in [0.29, 0.717) is 25.9 Å². The molecule has 0 bridgehead atoms. The lowest BCUT2D eigenvalue weighted by Gasteiger charge is -2.30. The summed E-state index contributed by atoms with van der Waals surface area (Å²) in [7, 11) is -1.53. The molecule has 1 aliphatic rings. The summed E-state index contributed by atoms with van der Waals surface area (Å²) in [6, 6.07) is 5.76. The lowest BCUT2D eigenvalue weighted by atomic mass is 9.96. The predicted octanol–water partition coefficient (Wildman–Crippen LogP) is 1.85. The van der Waals surface area contributed by atoms with Gasteiger partial charge in [-0.15, -0.1) is 0 Å². The van der Waals surface area contributed by atoms with Gasteiger partial charge in [0, 0.05) is 19.0 Å². The van der Waals surface area contributed by atoms with Crippen LogP contribution >= 0.6 is 0 Å². The van der Waals surface area contributed by atoms with Crippen molar-refractivity contribution in [2.75, 3.05) is 26.5 Å². The Bertz CT molecular complexity index is 695. The minimum Gasteiger partial charge on any atom is -0.496 e. The van der Waals surface area contributed by atoms with Gasteiger partial charge in [0.15, 0.2) is 0 Å². The lowest BCUT2D eigenvalue weighted by molar-refractivity contribution is -0.126. The molecule has 0 aromatic heterocycles. The summed E-state index contributed by atoms with van der Waals surface area (Å²) in [5, 5.41) is 3.04. The van der Waals surface area contributed by atoms with Crippen LogP contribution in [-0.4, -0.2) is 45.1 Å². The van der Waals surface area contributed by atoms with Crippen molar-refractivity contribution in [3.8, 4) is 5.75 Å². The average Bonchev–Trinajstić information content (AvgIpc) is 2.54. The van der Waals surface area contributed by atoms with Crippen LogP contribution in [0.15, 0.2) is 18.2 Å². The molecule has 134 valence electrons. The van der Waals surface area contributed by atoms with Crippen LogP contribution < -0.4 is 10.1 Å². The van der Waals surface area contributed by atoms with E-state index in [1.807, 2.05) is 32.0 Å². The Morgan fingerprint density at radius 2 is 1.96 bits per heavy atom. The first kappa shape index (κ1) is 18.7. The molecule has 1 fully saturated rings. The highest BCUT2D eigenvalue weighted by Crippen LogP contribution is 2.24. The van der Waals surface area contributed by atoms with Crippen LogP contribution in [-0.2, 0) is 14.8 Å². The second-order valence-electron chi connectivity index (χ2n) is 6.40. The van der Waals surface area contributed by atoms with E-state index in [-0.39, 0.29) is 17.9 Å². The molecule has 1 saturated heterocycles. The molecule has 1 N–H and O–H groups in total. The van der Waals surface area contributed by atoms with Crippen LogP contribution in [0.1, 0.15) is 36.9 Å². The number of amides is 1. The van der Waals surface area contributed by atoms with Gasteiger partial charge in [0.25, 0.3) is 0 Å². The molecule has 0 aliphatic carbocycles. The molecule has 1 aromatic rings. The fourth-order valence-corrected chi connectivity index (χ4v) is 3.91. The van der Waals surface area contributed by atoms with E-state index in [4.69, 9.17) is 4.74 Å². The monoisotopic (exact) mass is 354 g/mol. The summed E-state index contributed by atoms with van der Waals surface area (Å²) in [5.74, 6) is 0.680. The van der Waals surface area contributed by atoms with Crippen LogP contribution in [0.25, 0.3) is 0 Å². The number of rotatable bonds is 5. The maximum absolute atomic E-state index is 12.4. The second-order valence-corrected chi connectivity index (χ2v) is 8.38. The fraction of sp³-hybridized carbons (Fsp3) is 0.588. The summed E-state index contributed by atoms with van der Waals surface area (Å²) >= 11 is 0. The number of benzene rings is 1. The number of aryl methyl sites for hydroxylation is 1. The molecule has 7 heteroatoms. The third kappa shape index (κ3) is 4.48. The largest absolute Gasteiger partial charge is 0.496 e. The van der Waals surface area contributed by atoms with Crippen molar-refractivity contribution < 1.29 is 17.9 Å². The van der Waals surface area contributed by atoms with E-state index in [9.17, 15) is 13.2 Å². The smallest absolute Gasteiger partial charge is 0.223 e. The van der Waals surface area contributed by atoms with Crippen molar-refractivity contribution in [1.82, 2.24) is 9.62 Å². The van der Waals surface area contributed by atoms with Crippen molar-refractivity contribution in [3.63, 3.8) is 0 Å². The van der Waals surface area contributed by atoms with Gasteiger partial charge in [0.2, 0.25) is 15.9 Å². The Balaban J connectivity index is 1.94. The molecular formula is C17H26N2O4S. The van der Waals surface area contributed by atoms with E-state index in [1.165, 1.54) is 10.6 Å². The number of methoxy groups -OCH3 is 1. The summed E-state index contributed by atoms with van der Waals surface area (Å²) in [4.78, 5) is 12.4. The highest BCUT2D eigenvalue weighted by molar-refractivity contribution is 7.88. The van der Waals surface area contributed by atoms with Gasteiger partial charge in [0.1, 0.15) is 5.75 Å². The Hall–Kier alpha value is -1.60. The molecule has 0 saturated carbocycles. The summed E-state index contributed by atoms with van der Waals surface area (Å²) in [6.07, 6.45) is 2.34. The third-order valence-corrected chi connectivity index (χ3v) is 5.87. The first-order chi connectivity index (χ1) is 11.2. The average molecular weight is 354 g/mol. The van der Waals surface area contributed by atoms with Gasteiger partial charge in [-0.3, -0.25) is 4.79 Å². The van der Waals surface area contributed by atoms with Crippen molar-refractivity contribution >= 4 is 15.9 Å². The maximum Gasteiger partial charge on any atom is 0.223 e. The molecule has 0 spiro atoms. The van der Waals surface area contributed by atoms with Crippen molar-refractivity contribution in [2.45, 2.75) is 32.7 Å². The number of nitrogens with zero attached hydrogens (tertiary/aromatic N) is 1. The van der Waals surface area contributed by atoms with Crippen LogP contribution in [0, 0.1) is 12.8 Å². The zero-order valence-electron chi connectivity index (χ0n) is 14.7. The first-order valence-corrected chi connectivity index (χ1v) is 9.97. The molecule has 0 radical (unpaired) electrons. The van der Waals surface area contributed by atoms with Crippen molar-refractivity contribution in [2.24, 2.45) is 5.92 Å². The molecular weight excluding hydrogens is 328 g/mol. The molecule has 6 nitrogen and oxygen atoms in total. The Morgan fingerprint density at radius 3 is 2.46 bits per heavy atom. The number of sulfonamides is 1. The highest BCUT2D eigenvalue weighted by Gasteiger charge is 2.29. The first-order valence-electron chi connectivity index (χ1n) is 8.12. The number of carbonyl (C=O) groups excluding carboxylic acids is 1. The molecule has 2 rings (SSSR count). The fourth-order valence-electron chi connectivity index (χ4n) is 3.04. The minimum absolute atomic E-state index is 0.0101. The quantitative estimate of drug-likeness (QED) is 0.876. The van der Waals surface area contributed by atoms with Gasteiger partial charge in [-0.1, -0.05) is 12.1 Å². The second kappa shape index (κ2) is 7.53. The van der Waals surface area contributed by atoms with Gasteiger partial charge < -0.3 is 10.1 Å². The number of nitrogens with one attached hydrogen (secondary N) is 1. The SMILES string of the molecule is COc1ccc([C@H](C)NC(=O)C2CCN(S(C)(=O)=O)CC2)cc1C. The van der Waals surface area contributed by atoms with E-state index in [0.717, 1.165) is 16.9 Å². The molecule has 0 unspecified atom stereocenters. The van der Waals surface area contributed by atoms with E-state index in [2.05, 4.69) is 5.32 Å². The Kier molecular flexibility index (Phi) is 5.87. The Labute approximate surface area is 144 Å². The Morgan fingerprint density at radius 1 is 1.33 bits per heavy atom. The molecule has 1 aliphatic heterocycles. The lowest BCUT2D eigenvalue weighted by Crippen LogP contribution is -2.43. The van der Waals surface area contributed by atoms with Gasteiger partial charge in [-0.2, -0.15) is 0 Å². The van der Waals surface area contributed by atoms with Gasteiger partial charge in [-0.05, 0) is 43.9 Å². The van der Waals surface area contributed by atoms with Gasteiger partial charge in [-0.25, -0.2) is 12.7 Å². The zero-order chi connectivity index (χ0) is 17.9. The van der Waals surface area contributed by atoms with E-state index in [1.54, 1.807) is 7.11 Å². The molecule has 1 heterocycles. The number of carbonyl (C=O) groups is 1. The molecule has 1 aromatic carbocycles. The maximum atomic E-state index is 12.4. The van der Waals surface area contributed by atoms with E-state index < -0.39 is 10.0 Å². The normalized spacial score (nSPS) is 18.2. The summed E-state index contributed by atoms with van der Waals surface area (Å²) < 4.78 is 29.7. The van der Waals surface area contributed by atoms with E-state index >= 15 is 0 Å². The topological polar surface area (TPSA) is 75.7 Å². The summed E-state index contributed by atoms with van der Waals surface area (Å²) in [6.45, 7) is 4.74. The standard InChI is InChI=1S/C17H26N2O4S/c1-12-11-15(5-6-16(12)23-3)13(2)18-17(20)14-7-9-19(10-8-14)24(4,21)22/h5-6,11,13-14H,7-10H2,1-4H3,(H,18,20)/t13-/m0/s1. The van der Waals surface area contributed by atoms with Crippen molar-refractivity contribution in [1.29, 1.82) is 0 Å². The minimum atomic E-state index is -3.16. The van der Waals surface area contributed by atoms with Crippen molar-refractivity contribution in [3.05, 3.63) is 29.3 Å². The molecule has 1 atom stereocenters. The zero-order valence-corrected chi connectivity index (χ0v) is 15.5. The number of hydrogen-bond acceptors (Lipinski definition) is 4. The predicted molar refractivity (Wildman–Crippen MR) is 93.4 cm³/mol. The molecule has 24 heavy (non-hydrogen) atoms.